The van der Waals surface area contributed by atoms with Crippen LogP contribution < -0.4 is 0 Å². The lowest BCUT2D eigenvalue weighted by molar-refractivity contribution is -0.0959. The smallest absolute Gasteiger partial charge is 0.158 e. The van der Waals surface area contributed by atoms with Gasteiger partial charge in [0, 0.05) is 7.05 Å². The average molecular weight is 336 g/mol. The van der Waals surface area contributed by atoms with Gasteiger partial charge < -0.3 is 4.74 Å². The Bertz CT molecular complexity index is 764. The summed E-state index contributed by atoms with van der Waals surface area (Å²) in [5.41, 5.74) is 0.279. The van der Waals surface area contributed by atoms with Crippen LogP contribution in [0.4, 0.5) is 0 Å². The first-order chi connectivity index (χ1) is 12.2. The second-order valence-electron chi connectivity index (χ2n) is 7.52. The zero-order valence-corrected chi connectivity index (χ0v) is 14.7. The molecule has 5 nitrogen and oxygen atoms in total. The molecule has 130 valence electrons. The second kappa shape index (κ2) is 6.27. The Morgan fingerprint density at radius 1 is 1.20 bits per heavy atom. The summed E-state index contributed by atoms with van der Waals surface area (Å²) in [7, 11) is 1.92. The first-order valence-electron chi connectivity index (χ1n) is 9.13. The number of ether oxygens (including phenoxy) is 1. The summed E-state index contributed by atoms with van der Waals surface area (Å²) < 4.78 is 8.29. The van der Waals surface area contributed by atoms with Crippen LogP contribution in [0, 0.1) is 17.2 Å². The van der Waals surface area contributed by atoms with Gasteiger partial charge in [-0.2, -0.15) is 10.4 Å². The van der Waals surface area contributed by atoms with Gasteiger partial charge in [0.15, 0.2) is 5.82 Å². The Balaban J connectivity index is 1.61. The van der Waals surface area contributed by atoms with E-state index in [9.17, 15) is 5.26 Å². The van der Waals surface area contributed by atoms with Crippen LogP contribution in [0.25, 0.3) is 0 Å². The molecule has 2 saturated carbocycles. The van der Waals surface area contributed by atoms with E-state index in [0.29, 0.717) is 5.92 Å². The highest BCUT2D eigenvalue weighted by atomic mass is 16.5. The van der Waals surface area contributed by atoms with Crippen molar-refractivity contribution >= 4 is 0 Å². The standard InChI is InChI=1S/C20H24N4O/c1-24-18(22-15-23-24)20(25-13-16-7-8-16)11-9-19(14-21,10-12-20)17-5-3-2-4-6-17/h2-6,15-16H,7-13H2,1H3/t19-,20+. The van der Waals surface area contributed by atoms with Crippen LogP contribution >= 0.6 is 0 Å². The largest absolute Gasteiger partial charge is 0.367 e. The minimum absolute atomic E-state index is 0.414. The van der Waals surface area contributed by atoms with Gasteiger partial charge in [0.05, 0.1) is 18.1 Å². The summed E-state index contributed by atoms with van der Waals surface area (Å²) in [6.45, 7) is 0.789. The van der Waals surface area contributed by atoms with E-state index in [1.54, 1.807) is 6.33 Å². The number of aromatic nitrogens is 3. The maximum atomic E-state index is 9.95. The van der Waals surface area contributed by atoms with Crippen molar-refractivity contribution in [2.75, 3.05) is 6.61 Å². The molecule has 0 radical (unpaired) electrons. The summed E-state index contributed by atoms with van der Waals surface area (Å²) in [5.74, 6) is 1.59. The molecule has 1 heterocycles. The van der Waals surface area contributed by atoms with Gasteiger partial charge in [-0.3, -0.25) is 4.68 Å². The molecule has 4 rings (SSSR count). The zero-order valence-electron chi connectivity index (χ0n) is 14.7. The van der Waals surface area contributed by atoms with Gasteiger partial charge in [-0.25, -0.2) is 4.98 Å². The number of aryl methyl sites for hydroxylation is 1. The predicted molar refractivity (Wildman–Crippen MR) is 93.6 cm³/mol. The molecule has 0 saturated heterocycles. The van der Waals surface area contributed by atoms with Crippen molar-refractivity contribution in [3.8, 4) is 6.07 Å². The van der Waals surface area contributed by atoms with Crippen LogP contribution in [0.2, 0.25) is 0 Å². The molecule has 0 bridgehead atoms. The van der Waals surface area contributed by atoms with Gasteiger partial charge >= 0.3 is 0 Å². The number of nitrogens with zero attached hydrogens (tertiary/aromatic N) is 4. The molecular weight excluding hydrogens is 312 g/mol. The molecule has 2 aliphatic carbocycles. The van der Waals surface area contributed by atoms with E-state index < -0.39 is 11.0 Å². The molecule has 2 aromatic rings. The molecule has 0 amide bonds. The van der Waals surface area contributed by atoms with Crippen molar-refractivity contribution in [3.05, 3.63) is 48.0 Å². The summed E-state index contributed by atoms with van der Waals surface area (Å²) in [4.78, 5) is 4.50. The van der Waals surface area contributed by atoms with Crippen molar-refractivity contribution in [3.63, 3.8) is 0 Å². The zero-order chi connectivity index (χ0) is 17.3. The molecule has 0 unspecified atom stereocenters. The molecular formula is C20H24N4O. The molecule has 2 aliphatic rings. The maximum Gasteiger partial charge on any atom is 0.158 e. The Hall–Kier alpha value is -2.19. The number of nitriles is 1. The molecule has 1 aromatic heterocycles. The van der Waals surface area contributed by atoms with Crippen molar-refractivity contribution in [1.82, 2.24) is 14.8 Å². The minimum atomic E-state index is -0.424. The fourth-order valence-corrected chi connectivity index (χ4v) is 4.01. The topological polar surface area (TPSA) is 63.7 Å². The fourth-order valence-electron chi connectivity index (χ4n) is 4.01. The molecule has 5 heteroatoms. The van der Waals surface area contributed by atoms with E-state index in [0.717, 1.165) is 43.7 Å². The molecule has 25 heavy (non-hydrogen) atoms. The van der Waals surface area contributed by atoms with Crippen LogP contribution in [0.15, 0.2) is 36.7 Å². The fraction of sp³-hybridized carbons (Fsp3) is 0.550. The van der Waals surface area contributed by atoms with E-state index in [4.69, 9.17) is 4.74 Å². The molecule has 0 N–H and O–H groups in total. The Morgan fingerprint density at radius 2 is 1.92 bits per heavy atom. The summed E-state index contributed by atoms with van der Waals surface area (Å²) in [5, 5.41) is 14.2. The van der Waals surface area contributed by atoms with E-state index in [2.05, 4.69) is 28.3 Å². The lowest BCUT2D eigenvalue weighted by Crippen LogP contribution is -2.42. The molecule has 0 aliphatic heterocycles. The third kappa shape index (κ3) is 2.96. The van der Waals surface area contributed by atoms with Gasteiger partial charge in [0.25, 0.3) is 0 Å². The van der Waals surface area contributed by atoms with E-state index in [1.807, 2.05) is 29.9 Å². The Kier molecular flexibility index (Phi) is 4.09. The predicted octanol–water partition coefficient (Wildman–Crippen LogP) is 3.47. The molecule has 1 aromatic carbocycles. The van der Waals surface area contributed by atoms with Crippen LogP contribution in [-0.2, 0) is 22.8 Å². The third-order valence-corrected chi connectivity index (χ3v) is 5.86. The van der Waals surface area contributed by atoms with Gasteiger partial charge in [-0.15, -0.1) is 0 Å². The highest BCUT2D eigenvalue weighted by molar-refractivity contribution is 5.34. The third-order valence-electron chi connectivity index (χ3n) is 5.86. The van der Waals surface area contributed by atoms with Crippen molar-refractivity contribution < 1.29 is 4.74 Å². The lowest BCUT2D eigenvalue weighted by atomic mass is 9.65. The van der Waals surface area contributed by atoms with Gasteiger partial charge in [0.1, 0.15) is 11.9 Å². The first-order valence-corrected chi connectivity index (χ1v) is 9.13. The molecule has 2 fully saturated rings. The minimum Gasteiger partial charge on any atom is -0.367 e. The van der Waals surface area contributed by atoms with Crippen LogP contribution in [0.1, 0.15) is 49.9 Å². The first kappa shape index (κ1) is 16.3. The summed E-state index contributed by atoms with van der Waals surface area (Å²) >= 11 is 0. The number of rotatable bonds is 5. The number of hydrogen-bond acceptors (Lipinski definition) is 4. The number of hydrogen-bond donors (Lipinski definition) is 0. The Labute approximate surface area is 148 Å². The highest BCUT2D eigenvalue weighted by Gasteiger charge is 2.48. The highest BCUT2D eigenvalue weighted by Crippen LogP contribution is 2.49. The SMILES string of the molecule is Cn1ncnc1[C@]1(OCC2CC2)CC[C@@](C#N)(c2ccccc2)CC1. The quantitative estimate of drug-likeness (QED) is 0.838. The van der Waals surface area contributed by atoms with Gasteiger partial charge in [-0.1, -0.05) is 30.3 Å². The van der Waals surface area contributed by atoms with Crippen LogP contribution in [0.5, 0.6) is 0 Å². The maximum absolute atomic E-state index is 9.95. The normalized spacial score (nSPS) is 29.3. The van der Waals surface area contributed by atoms with E-state index >= 15 is 0 Å². The molecule has 0 atom stereocenters. The van der Waals surface area contributed by atoms with Crippen LogP contribution in [0.3, 0.4) is 0 Å². The van der Waals surface area contributed by atoms with E-state index in [1.165, 1.54) is 12.8 Å². The molecule has 0 spiro atoms. The van der Waals surface area contributed by atoms with Crippen molar-refractivity contribution in [2.24, 2.45) is 13.0 Å². The Morgan fingerprint density at radius 3 is 2.48 bits per heavy atom. The monoisotopic (exact) mass is 336 g/mol. The lowest BCUT2D eigenvalue weighted by Gasteiger charge is -2.42. The van der Waals surface area contributed by atoms with E-state index in [-0.39, 0.29) is 0 Å². The van der Waals surface area contributed by atoms with Gasteiger partial charge in [0.2, 0.25) is 0 Å². The van der Waals surface area contributed by atoms with Crippen LogP contribution in [-0.4, -0.2) is 21.4 Å². The summed E-state index contributed by atoms with van der Waals surface area (Å²) in [6.07, 6.45) is 7.29. The summed E-state index contributed by atoms with van der Waals surface area (Å²) in [6, 6.07) is 12.8. The second-order valence-corrected chi connectivity index (χ2v) is 7.52. The number of benzene rings is 1. The van der Waals surface area contributed by atoms with Crippen molar-refractivity contribution in [1.29, 1.82) is 5.26 Å². The van der Waals surface area contributed by atoms with Crippen molar-refractivity contribution in [2.45, 2.75) is 49.5 Å². The average Bonchev–Trinajstić information content (AvgIpc) is 3.40. The van der Waals surface area contributed by atoms with Gasteiger partial charge in [-0.05, 0) is 50.0 Å².